The molecule has 1 fully saturated rings. The minimum atomic E-state index is -0.497. The Balaban J connectivity index is 1.40. The Bertz CT molecular complexity index is 1360. The fourth-order valence-electron chi connectivity index (χ4n) is 4.33. The monoisotopic (exact) mass is 444 g/mol. The van der Waals surface area contributed by atoms with Crippen LogP contribution in [0.15, 0.2) is 65.1 Å². The number of para-hydroxylation sites is 3. The number of benzene rings is 3. The highest BCUT2D eigenvalue weighted by Crippen LogP contribution is 2.37. The van der Waals surface area contributed by atoms with Crippen molar-refractivity contribution in [3.8, 4) is 11.5 Å². The highest BCUT2D eigenvalue weighted by Gasteiger charge is 2.36. The van der Waals surface area contributed by atoms with Crippen molar-refractivity contribution < 1.29 is 23.5 Å². The van der Waals surface area contributed by atoms with Gasteiger partial charge in [0.25, 0.3) is 0 Å². The van der Waals surface area contributed by atoms with Gasteiger partial charge in [-0.05, 0) is 31.2 Å². The Morgan fingerprint density at radius 2 is 1.85 bits per heavy atom. The van der Waals surface area contributed by atoms with Crippen LogP contribution in [0.25, 0.3) is 21.9 Å². The zero-order chi connectivity index (χ0) is 22.9. The van der Waals surface area contributed by atoms with Crippen molar-refractivity contribution in [1.82, 2.24) is 0 Å². The predicted molar refractivity (Wildman–Crippen MR) is 127 cm³/mol. The van der Waals surface area contributed by atoms with Crippen molar-refractivity contribution in [2.24, 2.45) is 5.92 Å². The van der Waals surface area contributed by atoms with E-state index in [1.54, 1.807) is 18.1 Å². The van der Waals surface area contributed by atoms with Gasteiger partial charge in [0, 0.05) is 29.8 Å². The van der Waals surface area contributed by atoms with Crippen LogP contribution in [0.3, 0.4) is 0 Å². The average molecular weight is 444 g/mol. The number of amides is 2. The standard InChI is InChI=1S/C26H24N2O5/c1-3-32-22-11-7-5-9-20(22)28-15-16(12-25(28)29)26(30)27-19-14-23-18(13-24(19)31-2)17-8-4-6-10-21(17)33-23/h4-11,13-14,16H,3,12,15H2,1-2H3,(H,27,30). The van der Waals surface area contributed by atoms with Gasteiger partial charge < -0.3 is 24.1 Å². The molecule has 7 nitrogen and oxygen atoms in total. The van der Waals surface area contributed by atoms with Gasteiger partial charge in [-0.2, -0.15) is 0 Å². The average Bonchev–Trinajstić information content (AvgIpc) is 3.39. The second-order valence-electron chi connectivity index (χ2n) is 7.94. The van der Waals surface area contributed by atoms with Crippen LogP contribution in [0.4, 0.5) is 11.4 Å². The number of furan rings is 1. The Morgan fingerprint density at radius 3 is 2.67 bits per heavy atom. The number of rotatable bonds is 6. The van der Waals surface area contributed by atoms with E-state index in [1.807, 2.05) is 61.5 Å². The molecule has 3 aromatic carbocycles. The molecule has 33 heavy (non-hydrogen) atoms. The zero-order valence-electron chi connectivity index (χ0n) is 18.5. The summed E-state index contributed by atoms with van der Waals surface area (Å²) in [6.07, 6.45) is 0.126. The van der Waals surface area contributed by atoms with Crippen LogP contribution in [0, 0.1) is 5.92 Å². The Morgan fingerprint density at radius 1 is 1.06 bits per heavy atom. The molecule has 1 aliphatic heterocycles. The van der Waals surface area contributed by atoms with E-state index < -0.39 is 5.92 Å². The Labute approximate surface area is 190 Å². The van der Waals surface area contributed by atoms with E-state index >= 15 is 0 Å². The van der Waals surface area contributed by atoms with Crippen LogP contribution >= 0.6 is 0 Å². The number of carbonyl (C=O) groups excluding carboxylic acids is 2. The number of hydrogen-bond donors (Lipinski definition) is 1. The zero-order valence-corrected chi connectivity index (χ0v) is 18.5. The van der Waals surface area contributed by atoms with E-state index in [1.165, 1.54) is 0 Å². The topological polar surface area (TPSA) is 81.0 Å². The lowest BCUT2D eigenvalue weighted by Gasteiger charge is -2.20. The van der Waals surface area contributed by atoms with Gasteiger partial charge in [-0.1, -0.05) is 30.3 Å². The largest absolute Gasteiger partial charge is 0.495 e. The summed E-state index contributed by atoms with van der Waals surface area (Å²) in [5.41, 5.74) is 2.61. The van der Waals surface area contributed by atoms with E-state index in [9.17, 15) is 9.59 Å². The molecule has 1 unspecified atom stereocenters. The number of carbonyl (C=O) groups is 2. The van der Waals surface area contributed by atoms with Crippen LogP contribution in [-0.2, 0) is 9.59 Å². The normalized spacial score (nSPS) is 15.9. The summed E-state index contributed by atoms with van der Waals surface area (Å²) in [6, 6.07) is 18.8. The summed E-state index contributed by atoms with van der Waals surface area (Å²) in [6.45, 7) is 2.67. The van der Waals surface area contributed by atoms with Gasteiger partial charge in [0.15, 0.2) is 0 Å². The molecular formula is C26H24N2O5. The van der Waals surface area contributed by atoms with Crippen LogP contribution in [0.2, 0.25) is 0 Å². The molecule has 0 saturated carbocycles. The van der Waals surface area contributed by atoms with Crippen molar-refractivity contribution in [2.75, 3.05) is 30.5 Å². The number of fused-ring (bicyclic) bond motifs is 3. The number of ether oxygens (including phenoxy) is 2. The third-order valence-corrected chi connectivity index (χ3v) is 5.91. The first kappa shape index (κ1) is 20.9. The van der Waals surface area contributed by atoms with Crippen molar-refractivity contribution in [3.05, 3.63) is 60.7 Å². The van der Waals surface area contributed by atoms with Gasteiger partial charge in [-0.25, -0.2) is 0 Å². The number of hydrogen-bond acceptors (Lipinski definition) is 5. The smallest absolute Gasteiger partial charge is 0.229 e. The minimum absolute atomic E-state index is 0.109. The first-order valence-electron chi connectivity index (χ1n) is 10.9. The van der Waals surface area contributed by atoms with Gasteiger partial charge in [-0.3, -0.25) is 9.59 Å². The molecule has 0 radical (unpaired) electrons. The molecule has 1 atom stereocenters. The summed E-state index contributed by atoms with van der Waals surface area (Å²) in [4.78, 5) is 27.5. The van der Waals surface area contributed by atoms with Gasteiger partial charge in [-0.15, -0.1) is 0 Å². The summed E-state index contributed by atoms with van der Waals surface area (Å²) >= 11 is 0. The number of methoxy groups -OCH3 is 1. The highest BCUT2D eigenvalue weighted by atomic mass is 16.5. The molecule has 1 aliphatic rings. The van der Waals surface area contributed by atoms with Crippen molar-refractivity contribution >= 4 is 45.1 Å². The molecule has 5 rings (SSSR count). The Hall–Kier alpha value is -4.00. The molecule has 1 saturated heterocycles. The lowest BCUT2D eigenvalue weighted by atomic mass is 10.1. The minimum Gasteiger partial charge on any atom is -0.495 e. The van der Waals surface area contributed by atoms with E-state index in [0.717, 1.165) is 16.4 Å². The van der Waals surface area contributed by atoms with E-state index in [0.29, 0.717) is 35.1 Å². The molecule has 1 aromatic heterocycles. The third-order valence-electron chi connectivity index (χ3n) is 5.91. The predicted octanol–water partition coefficient (Wildman–Crippen LogP) is 4.98. The van der Waals surface area contributed by atoms with E-state index in [2.05, 4.69) is 5.32 Å². The first-order valence-corrected chi connectivity index (χ1v) is 10.9. The van der Waals surface area contributed by atoms with Crippen molar-refractivity contribution in [1.29, 1.82) is 0 Å². The molecule has 2 amide bonds. The van der Waals surface area contributed by atoms with Gasteiger partial charge >= 0.3 is 0 Å². The fraction of sp³-hybridized carbons (Fsp3) is 0.231. The maximum Gasteiger partial charge on any atom is 0.229 e. The molecule has 0 bridgehead atoms. The quantitative estimate of drug-likeness (QED) is 0.453. The van der Waals surface area contributed by atoms with Crippen molar-refractivity contribution in [3.63, 3.8) is 0 Å². The summed E-state index contributed by atoms with van der Waals surface area (Å²) in [5, 5.41) is 4.83. The lowest BCUT2D eigenvalue weighted by Crippen LogP contribution is -2.28. The Kier molecular flexibility index (Phi) is 5.38. The van der Waals surface area contributed by atoms with Crippen LogP contribution in [0.5, 0.6) is 11.5 Å². The number of nitrogens with one attached hydrogen (secondary N) is 1. The summed E-state index contributed by atoms with van der Waals surface area (Å²) < 4.78 is 17.1. The molecule has 1 N–H and O–H groups in total. The number of nitrogens with zero attached hydrogens (tertiary/aromatic N) is 1. The summed E-state index contributed by atoms with van der Waals surface area (Å²) in [5.74, 6) is 0.315. The maximum absolute atomic E-state index is 13.1. The second kappa shape index (κ2) is 8.50. The van der Waals surface area contributed by atoms with Gasteiger partial charge in [0.2, 0.25) is 11.8 Å². The molecular weight excluding hydrogens is 420 g/mol. The van der Waals surface area contributed by atoms with E-state index in [4.69, 9.17) is 13.9 Å². The van der Waals surface area contributed by atoms with Gasteiger partial charge in [0.05, 0.1) is 31.0 Å². The van der Waals surface area contributed by atoms with Crippen LogP contribution < -0.4 is 19.7 Å². The first-order chi connectivity index (χ1) is 16.1. The SMILES string of the molecule is CCOc1ccccc1N1CC(C(=O)Nc2cc3oc4ccccc4c3cc2OC)CC1=O. The molecule has 4 aromatic rings. The molecule has 168 valence electrons. The molecule has 7 heteroatoms. The fourth-order valence-corrected chi connectivity index (χ4v) is 4.33. The highest BCUT2D eigenvalue weighted by molar-refractivity contribution is 6.09. The second-order valence-corrected chi connectivity index (χ2v) is 7.94. The molecule has 2 heterocycles. The lowest BCUT2D eigenvalue weighted by molar-refractivity contribution is -0.122. The van der Waals surface area contributed by atoms with Crippen LogP contribution in [-0.4, -0.2) is 32.1 Å². The van der Waals surface area contributed by atoms with Crippen molar-refractivity contribution in [2.45, 2.75) is 13.3 Å². The summed E-state index contributed by atoms with van der Waals surface area (Å²) in [7, 11) is 1.56. The molecule has 0 spiro atoms. The van der Waals surface area contributed by atoms with E-state index in [-0.39, 0.29) is 24.8 Å². The molecule has 0 aliphatic carbocycles. The van der Waals surface area contributed by atoms with Gasteiger partial charge in [0.1, 0.15) is 22.7 Å². The third kappa shape index (κ3) is 3.75. The maximum atomic E-state index is 13.1. The van der Waals surface area contributed by atoms with Crippen LogP contribution in [0.1, 0.15) is 13.3 Å². The number of anilines is 2.